The molecule has 0 spiro atoms. The highest BCUT2D eigenvalue weighted by Crippen LogP contribution is 2.20. The highest BCUT2D eigenvalue weighted by Gasteiger charge is 2.15. The van der Waals surface area contributed by atoms with E-state index in [0.29, 0.717) is 5.56 Å². The topological polar surface area (TPSA) is 29.1 Å². The minimum absolute atomic E-state index is 0.296. The third kappa shape index (κ3) is 3.06. The Balaban J connectivity index is 2.24. The fraction of sp³-hybridized carbons (Fsp3) is 0. The normalized spacial score (nSPS) is 10.3. The van der Waals surface area contributed by atoms with Gasteiger partial charge in [0.1, 0.15) is 0 Å². The number of anilines is 1. The zero-order valence-corrected chi connectivity index (χ0v) is 11.5. The second kappa shape index (κ2) is 5.60. The van der Waals surface area contributed by atoms with Crippen molar-refractivity contribution in [2.45, 2.75) is 0 Å². The van der Waals surface area contributed by atoms with Gasteiger partial charge in [-0.2, -0.15) is 0 Å². The molecule has 0 aliphatic carbocycles. The Hall–Kier alpha value is -1.57. The molecule has 0 unspecified atom stereocenters. The summed E-state index contributed by atoms with van der Waals surface area (Å²) < 4.78 is 40.0. The average molecular weight is 377 g/mol. The highest BCUT2D eigenvalue weighted by molar-refractivity contribution is 14.1. The minimum atomic E-state index is -1.61. The molecule has 19 heavy (non-hydrogen) atoms. The first kappa shape index (κ1) is 13.9. The number of benzene rings is 2. The molecule has 98 valence electrons. The van der Waals surface area contributed by atoms with E-state index in [9.17, 15) is 18.0 Å². The van der Waals surface area contributed by atoms with Crippen molar-refractivity contribution in [3.05, 3.63) is 63.0 Å². The minimum Gasteiger partial charge on any atom is -0.319 e. The summed E-state index contributed by atoms with van der Waals surface area (Å²) in [7, 11) is 0. The van der Waals surface area contributed by atoms with Gasteiger partial charge >= 0.3 is 0 Å². The van der Waals surface area contributed by atoms with Crippen molar-refractivity contribution in [3.63, 3.8) is 0 Å². The van der Waals surface area contributed by atoms with Gasteiger partial charge in [-0.15, -0.1) is 0 Å². The predicted molar refractivity (Wildman–Crippen MR) is 73.4 cm³/mol. The number of hydrogen-bond donors (Lipinski definition) is 1. The molecule has 6 heteroatoms. The van der Waals surface area contributed by atoms with Crippen LogP contribution in [0.1, 0.15) is 10.4 Å². The van der Waals surface area contributed by atoms with E-state index >= 15 is 0 Å². The molecule has 0 radical (unpaired) electrons. The smallest absolute Gasteiger partial charge is 0.255 e. The van der Waals surface area contributed by atoms with Gasteiger partial charge in [0, 0.05) is 9.13 Å². The number of nitrogens with one attached hydrogen (secondary N) is 1. The second-order valence-corrected chi connectivity index (χ2v) is 4.93. The summed E-state index contributed by atoms with van der Waals surface area (Å²) in [6, 6.07) is 8.23. The van der Waals surface area contributed by atoms with E-state index in [1.54, 1.807) is 24.3 Å². The molecule has 0 bridgehead atoms. The molecule has 2 aromatic carbocycles. The monoisotopic (exact) mass is 377 g/mol. The van der Waals surface area contributed by atoms with Crippen LogP contribution in [-0.4, -0.2) is 5.91 Å². The van der Waals surface area contributed by atoms with Crippen LogP contribution in [0.2, 0.25) is 0 Å². The summed E-state index contributed by atoms with van der Waals surface area (Å²) >= 11 is 2.07. The first-order chi connectivity index (χ1) is 8.99. The number of amides is 1. The SMILES string of the molecule is O=C(Nc1ccc(F)c(F)c1F)c1ccc(I)cc1. The summed E-state index contributed by atoms with van der Waals surface area (Å²) in [5, 5.41) is 2.19. The van der Waals surface area contributed by atoms with Crippen LogP contribution in [0.3, 0.4) is 0 Å². The van der Waals surface area contributed by atoms with Gasteiger partial charge in [-0.05, 0) is 59.0 Å². The van der Waals surface area contributed by atoms with Crippen LogP contribution >= 0.6 is 22.6 Å². The largest absolute Gasteiger partial charge is 0.319 e. The Bertz CT molecular complexity index is 629. The van der Waals surface area contributed by atoms with Crippen LogP contribution in [0, 0.1) is 21.0 Å². The van der Waals surface area contributed by atoms with Gasteiger partial charge in [0.25, 0.3) is 5.91 Å². The number of carbonyl (C=O) groups is 1. The van der Waals surface area contributed by atoms with E-state index in [0.717, 1.165) is 15.7 Å². The van der Waals surface area contributed by atoms with Crippen molar-refractivity contribution in [1.82, 2.24) is 0 Å². The molecule has 2 rings (SSSR count). The Morgan fingerprint density at radius 1 is 0.947 bits per heavy atom. The van der Waals surface area contributed by atoms with Gasteiger partial charge in [-0.25, -0.2) is 13.2 Å². The van der Waals surface area contributed by atoms with Gasteiger partial charge in [-0.3, -0.25) is 4.79 Å². The number of carbonyl (C=O) groups excluding carboxylic acids is 1. The van der Waals surface area contributed by atoms with E-state index in [-0.39, 0.29) is 0 Å². The average Bonchev–Trinajstić information content (AvgIpc) is 2.40. The zero-order chi connectivity index (χ0) is 14.0. The lowest BCUT2D eigenvalue weighted by molar-refractivity contribution is 0.102. The Morgan fingerprint density at radius 3 is 2.21 bits per heavy atom. The van der Waals surface area contributed by atoms with E-state index in [1.165, 1.54) is 0 Å². The molecule has 0 saturated carbocycles. The first-order valence-electron chi connectivity index (χ1n) is 5.19. The van der Waals surface area contributed by atoms with Crippen molar-refractivity contribution in [3.8, 4) is 0 Å². The maximum Gasteiger partial charge on any atom is 0.255 e. The van der Waals surface area contributed by atoms with Crippen LogP contribution in [0.5, 0.6) is 0 Å². The maximum absolute atomic E-state index is 13.4. The molecule has 0 aromatic heterocycles. The van der Waals surface area contributed by atoms with E-state index in [2.05, 4.69) is 27.9 Å². The molecular weight excluding hydrogens is 370 g/mol. The summed E-state index contributed by atoms with van der Waals surface area (Å²) in [6.45, 7) is 0. The van der Waals surface area contributed by atoms with Crippen molar-refractivity contribution < 1.29 is 18.0 Å². The third-order valence-corrected chi connectivity index (χ3v) is 3.11. The standard InChI is InChI=1S/C13H7F3INO/c14-9-5-6-10(12(16)11(9)15)18-13(19)7-1-3-8(17)4-2-7/h1-6H,(H,18,19). The molecule has 0 aliphatic heterocycles. The second-order valence-electron chi connectivity index (χ2n) is 3.68. The van der Waals surface area contributed by atoms with E-state index < -0.39 is 29.0 Å². The van der Waals surface area contributed by atoms with Gasteiger partial charge < -0.3 is 5.32 Å². The number of rotatable bonds is 2. The molecule has 2 nitrogen and oxygen atoms in total. The molecule has 0 heterocycles. The summed E-state index contributed by atoms with van der Waals surface area (Å²) in [6.07, 6.45) is 0. The van der Waals surface area contributed by atoms with Crippen LogP contribution in [0.4, 0.5) is 18.9 Å². The number of halogens is 4. The summed E-state index contributed by atoms with van der Waals surface area (Å²) in [4.78, 5) is 11.8. The van der Waals surface area contributed by atoms with Gasteiger partial charge in [-0.1, -0.05) is 0 Å². The first-order valence-corrected chi connectivity index (χ1v) is 6.27. The summed E-state index contributed by atoms with van der Waals surface area (Å²) in [5.41, 5.74) is -0.105. The Morgan fingerprint density at radius 2 is 1.58 bits per heavy atom. The molecular formula is C13H7F3INO. The molecule has 1 amide bonds. The van der Waals surface area contributed by atoms with Crippen LogP contribution in [0.15, 0.2) is 36.4 Å². The van der Waals surface area contributed by atoms with Crippen LogP contribution in [-0.2, 0) is 0 Å². The Labute approximate surface area is 120 Å². The van der Waals surface area contributed by atoms with Crippen molar-refractivity contribution >= 4 is 34.2 Å². The highest BCUT2D eigenvalue weighted by atomic mass is 127. The predicted octanol–water partition coefficient (Wildman–Crippen LogP) is 3.96. The van der Waals surface area contributed by atoms with Crippen molar-refractivity contribution in [2.75, 3.05) is 5.32 Å². The lowest BCUT2D eigenvalue weighted by Crippen LogP contribution is -2.13. The number of hydrogen-bond acceptors (Lipinski definition) is 1. The molecule has 0 fully saturated rings. The maximum atomic E-state index is 13.4. The van der Waals surface area contributed by atoms with Crippen molar-refractivity contribution in [1.29, 1.82) is 0 Å². The lowest BCUT2D eigenvalue weighted by Gasteiger charge is -2.07. The van der Waals surface area contributed by atoms with Gasteiger partial charge in [0.05, 0.1) is 5.69 Å². The molecule has 0 saturated heterocycles. The fourth-order valence-electron chi connectivity index (χ4n) is 1.42. The lowest BCUT2D eigenvalue weighted by atomic mass is 10.2. The Kier molecular flexibility index (Phi) is 4.08. The van der Waals surface area contributed by atoms with E-state index in [1.807, 2.05) is 0 Å². The van der Waals surface area contributed by atoms with Crippen LogP contribution < -0.4 is 5.32 Å². The van der Waals surface area contributed by atoms with Gasteiger partial charge in [0.15, 0.2) is 17.5 Å². The van der Waals surface area contributed by atoms with Crippen LogP contribution in [0.25, 0.3) is 0 Å². The third-order valence-electron chi connectivity index (χ3n) is 2.39. The molecule has 2 aromatic rings. The fourth-order valence-corrected chi connectivity index (χ4v) is 1.78. The summed E-state index contributed by atoms with van der Waals surface area (Å²) in [5.74, 6) is -4.93. The zero-order valence-electron chi connectivity index (χ0n) is 9.38. The quantitative estimate of drug-likeness (QED) is 0.623. The van der Waals surface area contributed by atoms with Gasteiger partial charge in [0.2, 0.25) is 0 Å². The molecule has 1 N–H and O–H groups in total. The molecule has 0 aliphatic rings. The van der Waals surface area contributed by atoms with Crippen molar-refractivity contribution in [2.24, 2.45) is 0 Å². The van der Waals surface area contributed by atoms with E-state index in [4.69, 9.17) is 0 Å². The molecule has 0 atom stereocenters.